The summed E-state index contributed by atoms with van der Waals surface area (Å²) < 4.78 is 4.91. The van der Waals surface area contributed by atoms with Crippen LogP contribution in [0.25, 0.3) is 10.8 Å². The van der Waals surface area contributed by atoms with Crippen molar-refractivity contribution in [3.63, 3.8) is 0 Å². The number of ether oxygens (including phenoxy) is 1. The minimum Gasteiger partial charge on any atom is -0.398 e. The highest BCUT2D eigenvalue weighted by Crippen LogP contribution is 2.27. The molecule has 0 saturated carbocycles. The average Bonchev–Trinajstić information content (AvgIpc) is 2.50. The van der Waals surface area contributed by atoms with Crippen LogP contribution < -0.4 is 16.4 Å². The van der Waals surface area contributed by atoms with Crippen LogP contribution in [0.4, 0.5) is 11.4 Å². The lowest BCUT2D eigenvalue weighted by atomic mass is 10.1. The molecule has 6 nitrogen and oxygen atoms in total. The van der Waals surface area contributed by atoms with Crippen LogP contribution in [-0.2, 0) is 9.53 Å². The second kappa shape index (κ2) is 6.90. The number of rotatable bonds is 6. The predicted molar refractivity (Wildman–Crippen MR) is 84.1 cm³/mol. The number of methoxy groups -OCH3 is 1. The maximum absolute atomic E-state index is 12.0. The molecule has 1 aromatic carbocycles. The van der Waals surface area contributed by atoms with Crippen LogP contribution >= 0.6 is 0 Å². The summed E-state index contributed by atoms with van der Waals surface area (Å²) in [4.78, 5) is 16.0. The molecule has 21 heavy (non-hydrogen) atoms. The van der Waals surface area contributed by atoms with Gasteiger partial charge in [-0.25, -0.2) is 0 Å². The largest absolute Gasteiger partial charge is 0.398 e. The summed E-state index contributed by atoms with van der Waals surface area (Å²) in [6.45, 7) is 2.80. The number of nitrogens with two attached hydrogens (primary N) is 1. The van der Waals surface area contributed by atoms with Crippen molar-refractivity contribution in [3.8, 4) is 0 Å². The van der Waals surface area contributed by atoms with Crippen LogP contribution in [0, 0.1) is 0 Å². The lowest BCUT2D eigenvalue weighted by Crippen LogP contribution is -2.39. The molecule has 4 N–H and O–H groups in total. The number of nitrogen functional groups attached to an aromatic ring is 1. The standard InChI is InChI=1S/C15H20N4O2/c1-10(15(20)18-7-8-21-2)19-14-4-3-13(16)12-9-17-6-5-11(12)14/h3-6,9-10,19H,7-8,16H2,1-2H3,(H,18,20). The Morgan fingerprint density at radius 2 is 2.19 bits per heavy atom. The Kier molecular flexibility index (Phi) is 4.94. The van der Waals surface area contributed by atoms with E-state index in [0.29, 0.717) is 18.8 Å². The van der Waals surface area contributed by atoms with Gasteiger partial charge < -0.3 is 21.1 Å². The van der Waals surface area contributed by atoms with Crippen molar-refractivity contribution in [3.05, 3.63) is 30.6 Å². The van der Waals surface area contributed by atoms with E-state index in [1.54, 1.807) is 19.5 Å². The summed E-state index contributed by atoms with van der Waals surface area (Å²) in [6, 6.07) is 5.20. The smallest absolute Gasteiger partial charge is 0.242 e. The second-order valence-corrected chi connectivity index (χ2v) is 4.77. The summed E-state index contributed by atoms with van der Waals surface area (Å²) in [5, 5.41) is 7.82. The Labute approximate surface area is 123 Å². The molecule has 1 unspecified atom stereocenters. The number of nitrogens with zero attached hydrogens (tertiary/aromatic N) is 1. The lowest BCUT2D eigenvalue weighted by Gasteiger charge is -2.17. The third-order valence-electron chi connectivity index (χ3n) is 3.22. The molecule has 1 aromatic heterocycles. The quantitative estimate of drug-likeness (QED) is 0.552. The summed E-state index contributed by atoms with van der Waals surface area (Å²) in [5.41, 5.74) is 7.46. The fourth-order valence-electron chi connectivity index (χ4n) is 2.07. The molecule has 0 fully saturated rings. The number of hydrogen-bond donors (Lipinski definition) is 3. The van der Waals surface area contributed by atoms with Gasteiger partial charge in [-0.2, -0.15) is 0 Å². The van der Waals surface area contributed by atoms with Crippen LogP contribution in [0.1, 0.15) is 6.92 Å². The van der Waals surface area contributed by atoms with Crippen molar-refractivity contribution in [1.82, 2.24) is 10.3 Å². The van der Waals surface area contributed by atoms with Gasteiger partial charge in [0.15, 0.2) is 0 Å². The predicted octanol–water partition coefficient (Wildman–Crippen LogP) is 1.38. The molecule has 1 heterocycles. The molecule has 1 atom stereocenters. The first kappa shape index (κ1) is 15.1. The van der Waals surface area contributed by atoms with Crippen LogP contribution in [0.2, 0.25) is 0 Å². The topological polar surface area (TPSA) is 89.3 Å². The molecule has 0 aliphatic heterocycles. The Balaban J connectivity index is 2.13. The molecule has 6 heteroatoms. The van der Waals surface area contributed by atoms with Gasteiger partial charge in [0.25, 0.3) is 0 Å². The van der Waals surface area contributed by atoms with E-state index in [1.807, 2.05) is 25.1 Å². The number of fused-ring (bicyclic) bond motifs is 1. The summed E-state index contributed by atoms with van der Waals surface area (Å²) >= 11 is 0. The Bertz CT molecular complexity index is 630. The van der Waals surface area contributed by atoms with Crippen LogP contribution in [0.5, 0.6) is 0 Å². The molecule has 0 radical (unpaired) electrons. The third-order valence-corrected chi connectivity index (χ3v) is 3.22. The number of anilines is 2. The molecule has 2 aromatic rings. The Morgan fingerprint density at radius 3 is 2.95 bits per heavy atom. The van der Waals surface area contributed by atoms with E-state index in [9.17, 15) is 4.79 Å². The first-order chi connectivity index (χ1) is 10.1. The highest BCUT2D eigenvalue weighted by molar-refractivity contribution is 6.01. The van der Waals surface area contributed by atoms with Gasteiger partial charge in [-0.05, 0) is 25.1 Å². The number of hydrogen-bond acceptors (Lipinski definition) is 5. The molecule has 1 amide bonds. The van der Waals surface area contributed by atoms with Gasteiger partial charge in [-0.1, -0.05) is 0 Å². The zero-order valence-corrected chi connectivity index (χ0v) is 12.2. The monoisotopic (exact) mass is 288 g/mol. The van der Waals surface area contributed by atoms with Crippen LogP contribution in [-0.4, -0.2) is 37.2 Å². The zero-order valence-electron chi connectivity index (χ0n) is 12.2. The van der Waals surface area contributed by atoms with Crippen molar-refractivity contribution >= 4 is 28.1 Å². The molecule has 0 aliphatic carbocycles. The van der Waals surface area contributed by atoms with E-state index in [1.165, 1.54) is 0 Å². The van der Waals surface area contributed by atoms with Gasteiger partial charge in [0, 0.05) is 48.2 Å². The Morgan fingerprint density at radius 1 is 1.38 bits per heavy atom. The van der Waals surface area contributed by atoms with Gasteiger partial charge in [0.05, 0.1) is 6.61 Å². The molecule has 0 spiro atoms. The van der Waals surface area contributed by atoms with E-state index < -0.39 is 0 Å². The van der Waals surface area contributed by atoms with Gasteiger partial charge >= 0.3 is 0 Å². The summed E-state index contributed by atoms with van der Waals surface area (Å²) in [5.74, 6) is -0.0777. The number of amides is 1. The maximum atomic E-state index is 12.0. The molecule has 0 aliphatic rings. The van der Waals surface area contributed by atoms with E-state index in [0.717, 1.165) is 16.5 Å². The molecule has 112 valence electrons. The highest BCUT2D eigenvalue weighted by atomic mass is 16.5. The van der Waals surface area contributed by atoms with E-state index >= 15 is 0 Å². The van der Waals surface area contributed by atoms with E-state index in [2.05, 4.69) is 15.6 Å². The van der Waals surface area contributed by atoms with Crippen LogP contribution in [0.3, 0.4) is 0 Å². The number of aromatic nitrogens is 1. The number of nitrogens with one attached hydrogen (secondary N) is 2. The molecule has 2 rings (SSSR count). The second-order valence-electron chi connectivity index (χ2n) is 4.77. The number of carbonyl (C=O) groups excluding carboxylic acids is 1. The number of pyridine rings is 1. The van der Waals surface area contributed by atoms with Gasteiger partial charge in [-0.3, -0.25) is 9.78 Å². The highest BCUT2D eigenvalue weighted by Gasteiger charge is 2.13. The fourth-order valence-corrected chi connectivity index (χ4v) is 2.07. The number of benzene rings is 1. The summed E-state index contributed by atoms with van der Waals surface area (Å²) in [7, 11) is 1.60. The van der Waals surface area contributed by atoms with Gasteiger partial charge in [0.2, 0.25) is 5.91 Å². The van der Waals surface area contributed by atoms with Gasteiger partial charge in [-0.15, -0.1) is 0 Å². The normalized spacial score (nSPS) is 12.1. The Hall–Kier alpha value is -2.34. The first-order valence-corrected chi connectivity index (χ1v) is 6.79. The van der Waals surface area contributed by atoms with Crippen LogP contribution in [0.15, 0.2) is 30.6 Å². The molecule has 0 saturated heterocycles. The molecular weight excluding hydrogens is 268 g/mol. The minimum absolute atomic E-state index is 0.0777. The third kappa shape index (κ3) is 3.61. The van der Waals surface area contributed by atoms with Crippen molar-refractivity contribution < 1.29 is 9.53 Å². The first-order valence-electron chi connectivity index (χ1n) is 6.79. The van der Waals surface area contributed by atoms with Crippen molar-refractivity contribution in [1.29, 1.82) is 0 Å². The van der Waals surface area contributed by atoms with E-state index in [-0.39, 0.29) is 11.9 Å². The molecule has 0 bridgehead atoms. The van der Waals surface area contributed by atoms with E-state index in [4.69, 9.17) is 10.5 Å². The zero-order chi connectivity index (χ0) is 15.2. The SMILES string of the molecule is COCCNC(=O)C(C)Nc1ccc(N)c2cnccc12. The molecular formula is C15H20N4O2. The van der Waals surface area contributed by atoms with Crippen molar-refractivity contribution in [2.75, 3.05) is 31.3 Å². The average molecular weight is 288 g/mol. The lowest BCUT2D eigenvalue weighted by molar-refractivity contribution is -0.121. The van der Waals surface area contributed by atoms with Crippen molar-refractivity contribution in [2.45, 2.75) is 13.0 Å². The summed E-state index contributed by atoms with van der Waals surface area (Å²) in [6.07, 6.45) is 3.43. The fraction of sp³-hybridized carbons (Fsp3) is 0.333. The number of carbonyl (C=O) groups is 1. The van der Waals surface area contributed by atoms with Gasteiger partial charge in [0.1, 0.15) is 6.04 Å². The maximum Gasteiger partial charge on any atom is 0.242 e. The minimum atomic E-state index is -0.359. The van der Waals surface area contributed by atoms with Crippen molar-refractivity contribution in [2.24, 2.45) is 0 Å².